The zero-order chi connectivity index (χ0) is 20.3. The van der Waals surface area contributed by atoms with Crippen molar-refractivity contribution in [2.75, 3.05) is 0 Å². The Labute approximate surface area is 166 Å². The molecule has 4 nitrogen and oxygen atoms in total. The van der Waals surface area contributed by atoms with Crippen LogP contribution in [-0.4, -0.2) is 16.7 Å². The van der Waals surface area contributed by atoms with Gasteiger partial charge in [0.15, 0.2) is 0 Å². The number of aromatic nitrogens is 1. The Balaban J connectivity index is 1.72. The minimum Gasteiger partial charge on any atom is -0.318 e. The minimum absolute atomic E-state index is 0.115. The molecule has 1 heterocycles. The van der Waals surface area contributed by atoms with Gasteiger partial charge in [-0.1, -0.05) is 42.0 Å². The molecular formula is C24H27N3O. The van der Waals surface area contributed by atoms with Crippen molar-refractivity contribution in [3.8, 4) is 5.69 Å². The molecule has 1 aromatic heterocycles. The van der Waals surface area contributed by atoms with Crippen molar-refractivity contribution < 1.29 is 4.79 Å². The highest BCUT2D eigenvalue weighted by Gasteiger charge is 2.11. The van der Waals surface area contributed by atoms with Crippen molar-refractivity contribution >= 4 is 12.1 Å². The molecule has 144 valence electrons. The Morgan fingerprint density at radius 3 is 2.46 bits per heavy atom. The summed E-state index contributed by atoms with van der Waals surface area (Å²) in [4.78, 5) is 12.2. The Kier molecular flexibility index (Phi) is 5.78. The first-order chi connectivity index (χ1) is 13.4. The van der Waals surface area contributed by atoms with E-state index in [4.69, 9.17) is 0 Å². The summed E-state index contributed by atoms with van der Waals surface area (Å²) in [6.45, 7) is 10.3. The predicted octanol–water partition coefficient (Wildman–Crippen LogP) is 4.71. The number of hydrazone groups is 1. The summed E-state index contributed by atoms with van der Waals surface area (Å²) in [6.07, 6.45) is 2.04. The molecule has 3 aromatic rings. The maximum absolute atomic E-state index is 12.2. The highest BCUT2D eigenvalue weighted by Crippen LogP contribution is 2.22. The third-order valence-corrected chi connectivity index (χ3v) is 5.07. The number of carbonyl (C=O) groups excluding carboxylic acids is 1. The number of hydrogen-bond donors (Lipinski definition) is 1. The van der Waals surface area contributed by atoms with Crippen molar-refractivity contribution in [2.45, 2.75) is 41.0 Å². The smallest absolute Gasteiger partial charge is 0.244 e. The highest BCUT2D eigenvalue weighted by molar-refractivity contribution is 5.85. The van der Waals surface area contributed by atoms with Crippen LogP contribution in [-0.2, 0) is 11.2 Å². The minimum atomic E-state index is -0.115. The summed E-state index contributed by atoms with van der Waals surface area (Å²) in [5.74, 6) is -0.115. The van der Waals surface area contributed by atoms with E-state index in [0.717, 1.165) is 33.8 Å². The molecule has 0 saturated heterocycles. The van der Waals surface area contributed by atoms with Crippen LogP contribution < -0.4 is 5.43 Å². The van der Waals surface area contributed by atoms with Crippen LogP contribution in [0.3, 0.4) is 0 Å². The van der Waals surface area contributed by atoms with Crippen LogP contribution in [0.1, 0.15) is 39.2 Å². The number of carbonyl (C=O) groups is 1. The first-order valence-corrected chi connectivity index (χ1v) is 9.50. The van der Waals surface area contributed by atoms with Crippen LogP contribution in [0.4, 0.5) is 0 Å². The second kappa shape index (κ2) is 8.26. The fourth-order valence-electron chi connectivity index (χ4n) is 3.53. The Morgan fingerprint density at radius 2 is 1.75 bits per heavy atom. The summed E-state index contributed by atoms with van der Waals surface area (Å²) in [6, 6.07) is 16.5. The lowest BCUT2D eigenvalue weighted by atomic mass is 10.0. The average Bonchev–Trinajstić information content (AvgIpc) is 2.92. The fourth-order valence-corrected chi connectivity index (χ4v) is 3.53. The molecular weight excluding hydrogens is 346 g/mol. The maximum Gasteiger partial charge on any atom is 0.244 e. The molecule has 28 heavy (non-hydrogen) atoms. The fraction of sp³-hybridized carbons (Fsp3) is 0.250. The normalized spacial score (nSPS) is 11.2. The molecule has 0 radical (unpaired) electrons. The summed E-state index contributed by atoms with van der Waals surface area (Å²) in [7, 11) is 0. The number of nitrogens with one attached hydrogen (secondary N) is 1. The van der Waals surface area contributed by atoms with E-state index in [1.165, 1.54) is 11.1 Å². The number of nitrogens with zero attached hydrogens (tertiary/aromatic N) is 2. The van der Waals surface area contributed by atoms with Crippen molar-refractivity contribution in [3.63, 3.8) is 0 Å². The average molecular weight is 374 g/mol. The van der Waals surface area contributed by atoms with Crippen LogP contribution in [0.25, 0.3) is 5.69 Å². The molecule has 0 unspecified atom stereocenters. The Bertz CT molecular complexity index is 1040. The van der Waals surface area contributed by atoms with Crippen molar-refractivity contribution in [1.29, 1.82) is 0 Å². The van der Waals surface area contributed by atoms with Gasteiger partial charge in [-0.15, -0.1) is 0 Å². The molecule has 0 saturated carbocycles. The van der Waals surface area contributed by atoms with Gasteiger partial charge in [0, 0.05) is 22.6 Å². The second-order valence-electron chi connectivity index (χ2n) is 7.35. The Hall–Kier alpha value is -3.14. The number of amides is 1. The number of rotatable bonds is 5. The molecule has 0 spiro atoms. The largest absolute Gasteiger partial charge is 0.318 e. The number of benzene rings is 2. The third kappa shape index (κ3) is 4.22. The summed E-state index contributed by atoms with van der Waals surface area (Å²) < 4.78 is 2.22. The first kappa shape index (κ1) is 19.6. The number of aryl methyl sites for hydroxylation is 4. The van der Waals surface area contributed by atoms with Crippen LogP contribution in [0.5, 0.6) is 0 Å². The summed E-state index contributed by atoms with van der Waals surface area (Å²) in [5, 5.41) is 4.18. The van der Waals surface area contributed by atoms with Crippen molar-refractivity contribution in [3.05, 3.63) is 87.7 Å². The topological polar surface area (TPSA) is 46.4 Å². The van der Waals surface area contributed by atoms with Gasteiger partial charge in [-0.25, -0.2) is 5.43 Å². The zero-order valence-electron chi connectivity index (χ0n) is 17.2. The maximum atomic E-state index is 12.2. The van der Waals surface area contributed by atoms with Gasteiger partial charge >= 0.3 is 0 Å². The van der Waals surface area contributed by atoms with Gasteiger partial charge in [0.1, 0.15) is 0 Å². The van der Waals surface area contributed by atoms with Gasteiger partial charge < -0.3 is 4.57 Å². The molecule has 0 aliphatic carbocycles. The van der Waals surface area contributed by atoms with Crippen LogP contribution in [0, 0.1) is 34.6 Å². The second-order valence-corrected chi connectivity index (χ2v) is 7.35. The lowest BCUT2D eigenvalue weighted by molar-refractivity contribution is -0.120. The molecule has 4 heteroatoms. The quantitative estimate of drug-likeness (QED) is 0.511. The molecule has 1 N–H and O–H groups in total. The zero-order valence-corrected chi connectivity index (χ0v) is 17.2. The van der Waals surface area contributed by atoms with E-state index in [1.807, 2.05) is 31.2 Å². The SMILES string of the molecule is Cc1ccc(CC(=O)N/N=C\c2cc(C)n(-c3ccccc3C)c2C)c(C)c1. The summed E-state index contributed by atoms with van der Waals surface area (Å²) in [5.41, 5.74) is 11.6. The third-order valence-electron chi connectivity index (χ3n) is 5.07. The van der Waals surface area contributed by atoms with Gasteiger partial charge in [-0.3, -0.25) is 4.79 Å². The van der Waals surface area contributed by atoms with E-state index in [0.29, 0.717) is 6.42 Å². The van der Waals surface area contributed by atoms with Crippen molar-refractivity contribution in [2.24, 2.45) is 5.10 Å². The van der Waals surface area contributed by atoms with Gasteiger partial charge in [-0.05, 0) is 63.4 Å². The predicted molar refractivity (Wildman–Crippen MR) is 115 cm³/mol. The molecule has 0 atom stereocenters. The van der Waals surface area contributed by atoms with Gasteiger partial charge in [0.05, 0.1) is 12.6 Å². The molecule has 0 aliphatic heterocycles. The Morgan fingerprint density at radius 1 is 1.00 bits per heavy atom. The highest BCUT2D eigenvalue weighted by atomic mass is 16.2. The van der Waals surface area contributed by atoms with E-state index in [2.05, 4.69) is 67.1 Å². The lowest BCUT2D eigenvalue weighted by Crippen LogP contribution is -2.20. The number of para-hydroxylation sites is 1. The molecule has 0 aliphatic rings. The molecule has 1 amide bonds. The van der Waals surface area contributed by atoms with Crippen LogP contribution in [0.15, 0.2) is 53.6 Å². The standard InChI is InChI=1S/C24H27N3O/c1-16-10-11-21(18(3)12-16)14-24(28)26-25-15-22-13-19(4)27(20(22)5)23-9-7-6-8-17(23)2/h6-13,15H,14H2,1-5H3,(H,26,28)/b25-15-. The molecule has 0 fully saturated rings. The lowest BCUT2D eigenvalue weighted by Gasteiger charge is -2.12. The number of hydrogen-bond acceptors (Lipinski definition) is 2. The first-order valence-electron chi connectivity index (χ1n) is 9.50. The van der Waals surface area contributed by atoms with E-state index in [9.17, 15) is 4.79 Å². The molecule has 0 bridgehead atoms. The molecule has 3 rings (SSSR count). The van der Waals surface area contributed by atoms with Crippen LogP contribution >= 0.6 is 0 Å². The van der Waals surface area contributed by atoms with Gasteiger partial charge in [0.2, 0.25) is 5.91 Å². The van der Waals surface area contributed by atoms with E-state index in [1.54, 1.807) is 6.21 Å². The van der Waals surface area contributed by atoms with Crippen molar-refractivity contribution in [1.82, 2.24) is 9.99 Å². The molecule has 2 aromatic carbocycles. The monoisotopic (exact) mass is 373 g/mol. The summed E-state index contributed by atoms with van der Waals surface area (Å²) >= 11 is 0. The van der Waals surface area contributed by atoms with Gasteiger partial charge in [0.25, 0.3) is 0 Å². The van der Waals surface area contributed by atoms with Crippen LogP contribution in [0.2, 0.25) is 0 Å². The van der Waals surface area contributed by atoms with E-state index < -0.39 is 0 Å². The van der Waals surface area contributed by atoms with Gasteiger partial charge in [-0.2, -0.15) is 5.10 Å². The van der Waals surface area contributed by atoms with E-state index >= 15 is 0 Å². The van der Waals surface area contributed by atoms with E-state index in [-0.39, 0.29) is 5.91 Å².